The third-order valence-corrected chi connectivity index (χ3v) is 3.64. The molecule has 3 aromatic heterocycles. The van der Waals surface area contributed by atoms with E-state index in [0.717, 1.165) is 39.2 Å². The van der Waals surface area contributed by atoms with E-state index in [4.69, 9.17) is 4.74 Å². The van der Waals surface area contributed by atoms with E-state index in [0.29, 0.717) is 0 Å². The van der Waals surface area contributed by atoms with E-state index in [2.05, 4.69) is 25.1 Å². The van der Waals surface area contributed by atoms with E-state index in [1.807, 2.05) is 36.7 Å². The Morgan fingerprint density at radius 3 is 2.77 bits per heavy atom. The van der Waals surface area contributed by atoms with Crippen molar-refractivity contribution in [2.45, 2.75) is 0 Å². The van der Waals surface area contributed by atoms with Gasteiger partial charge in [-0.05, 0) is 6.07 Å². The number of nitrogens with zero attached hydrogens (tertiary/aromatic N) is 3. The Balaban J connectivity index is 2.04. The van der Waals surface area contributed by atoms with Gasteiger partial charge in [-0.15, -0.1) is 0 Å². The Bertz CT molecular complexity index is 927. The summed E-state index contributed by atoms with van der Waals surface area (Å²) in [5.41, 5.74) is 4.54. The van der Waals surface area contributed by atoms with Gasteiger partial charge < -0.3 is 9.72 Å². The van der Waals surface area contributed by atoms with Crippen molar-refractivity contribution in [3.63, 3.8) is 0 Å². The predicted molar refractivity (Wildman–Crippen MR) is 83.5 cm³/mol. The molecule has 0 aliphatic rings. The maximum Gasteiger partial charge on any atom is 0.141 e. The highest BCUT2D eigenvalue weighted by Gasteiger charge is 2.16. The number of aromatic nitrogens is 5. The van der Waals surface area contributed by atoms with Crippen LogP contribution in [0.15, 0.2) is 49.2 Å². The highest BCUT2D eigenvalue weighted by Crippen LogP contribution is 2.37. The fourth-order valence-electron chi connectivity index (χ4n) is 2.64. The van der Waals surface area contributed by atoms with Crippen LogP contribution in [0.25, 0.3) is 33.4 Å². The molecule has 0 radical (unpaired) electrons. The van der Waals surface area contributed by atoms with Crippen LogP contribution < -0.4 is 4.74 Å². The van der Waals surface area contributed by atoms with Gasteiger partial charge in [-0.1, -0.05) is 18.2 Å². The SMILES string of the molecule is COc1ccccc1-c1c[nH]c2ncnc(-c3cn[nH]c3)c12. The van der Waals surface area contributed by atoms with Crippen molar-refractivity contribution in [1.29, 1.82) is 0 Å². The summed E-state index contributed by atoms with van der Waals surface area (Å²) >= 11 is 0. The van der Waals surface area contributed by atoms with Crippen molar-refractivity contribution in [2.24, 2.45) is 0 Å². The van der Waals surface area contributed by atoms with Gasteiger partial charge in [0, 0.05) is 29.1 Å². The number of aromatic amines is 2. The molecule has 0 unspecified atom stereocenters. The van der Waals surface area contributed by atoms with Gasteiger partial charge in [0.1, 0.15) is 17.7 Å². The van der Waals surface area contributed by atoms with Crippen molar-refractivity contribution in [3.05, 3.63) is 49.2 Å². The zero-order valence-corrected chi connectivity index (χ0v) is 11.9. The number of nitrogens with one attached hydrogen (secondary N) is 2. The minimum atomic E-state index is 0.784. The van der Waals surface area contributed by atoms with E-state index >= 15 is 0 Å². The second kappa shape index (κ2) is 5.00. The standard InChI is InChI=1S/C16H13N5O/c1-22-13-5-3-2-4-11(13)12-8-17-16-14(12)15(18-9-19-16)10-6-20-21-7-10/h2-9H,1H3,(H,20,21)(H,17,18,19). The maximum absolute atomic E-state index is 5.48. The van der Waals surface area contributed by atoms with E-state index < -0.39 is 0 Å². The second-order valence-corrected chi connectivity index (χ2v) is 4.84. The van der Waals surface area contributed by atoms with Crippen LogP contribution in [0.3, 0.4) is 0 Å². The Morgan fingerprint density at radius 1 is 1.05 bits per heavy atom. The highest BCUT2D eigenvalue weighted by atomic mass is 16.5. The molecule has 1 aromatic carbocycles. The van der Waals surface area contributed by atoms with E-state index in [1.165, 1.54) is 0 Å². The smallest absolute Gasteiger partial charge is 0.141 e. The van der Waals surface area contributed by atoms with Crippen molar-refractivity contribution in [3.8, 4) is 28.1 Å². The first-order chi connectivity index (χ1) is 10.9. The minimum Gasteiger partial charge on any atom is -0.496 e. The summed E-state index contributed by atoms with van der Waals surface area (Å²) in [6.07, 6.45) is 7.05. The first-order valence-corrected chi connectivity index (χ1v) is 6.83. The molecule has 6 nitrogen and oxygen atoms in total. The monoisotopic (exact) mass is 291 g/mol. The first kappa shape index (κ1) is 12.6. The molecule has 0 saturated heterocycles. The molecule has 0 amide bonds. The van der Waals surface area contributed by atoms with Crippen LogP contribution in [0.1, 0.15) is 0 Å². The minimum absolute atomic E-state index is 0.784. The van der Waals surface area contributed by atoms with Crippen LogP contribution in [0, 0.1) is 0 Å². The molecule has 0 bridgehead atoms. The molecule has 0 atom stereocenters. The van der Waals surface area contributed by atoms with Crippen molar-refractivity contribution < 1.29 is 4.74 Å². The topological polar surface area (TPSA) is 79.5 Å². The van der Waals surface area contributed by atoms with Crippen molar-refractivity contribution >= 4 is 11.0 Å². The Labute approximate surface area is 126 Å². The molecule has 0 fully saturated rings. The summed E-state index contributed by atoms with van der Waals surface area (Å²) in [5.74, 6) is 0.811. The summed E-state index contributed by atoms with van der Waals surface area (Å²) in [4.78, 5) is 11.9. The number of benzene rings is 1. The molecule has 4 aromatic rings. The van der Waals surface area contributed by atoms with Gasteiger partial charge in [-0.25, -0.2) is 9.97 Å². The Hall–Kier alpha value is -3.15. The Kier molecular flexibility index (Phi) is 2.86. The molecule has 0 aliphatic heterocycles. The van der Waals surface area contributed by atoms with Crippen LogP contribution in [-0.4, -0.2) is 32.3 Å². The second-order valence-electron chi connectivity index (χ2n) is 4.84. The van der Waals surface area contributed by atoms with Gasteiger partial charge in [0.15, 0.2) is 0 Å². The molecule has 0 spiro atoms. The number of hydrogen-bond donors (Lipinski definition) is 2. The summed E-state index contributed by atoms with van der Waals surface area (Å²) in [5, 5.41) is 7.78. The summed E-state index contributed by atoms with van der Waals surface area (Å²) in [6, 6.07) is 7.89. The molecular formula is C16H13N5O. The molecule has 0 aliphatic carbocycles. The summed E-state index contributed by atoms with van der Waals surface area (Å²) in [7, 11) is 1.67. The first-order valence-electron chi connectivity index (χ1n) is 6.83. The van der Waals surface area contributed by atoms with Gasteiger partial charge in [-0.3, -0.25) is 5.10 Å². The van der Waals surface area contributed by atoms with Crippen LogP contribution in [-0.2, 0) is 0 Å². The normalized spacial score (nSPS) is 11.0. The molecule has 2 N–H and O–H groups in total. The predicted octanol–water partition coefficient (Wildman–Crippen LogP) is 3.02. The number of para-hydroxylation sites is 1. The van der Waals surface area contributed by atoms with Gasteiger partial charge in [0.25, 0.3) is 0 Å². The largest absolute Gasteiger partial charge is 0.496 e. The van der Waals surface area contributed by atoms with E-state index in [1.54, 1.807) is 19.6 Å². The molecule has 3 heterocycles. The average molecular weight is 291 g/mol. The molecule has 4 rings (SSSR count). The number of hydrogen-bond acceptors (Lipinski definition) is 4. The van der Waals surface area contributed by atoms with Crippen molar-refractivity contribution in [1.82, 2.24) is 25.1 Å². The third kappa shape index (κ3) is 1.85. The lowest BCUT2D eigenvalue weighted by Crippen LogP contribution is -1.89. The zero-order chi connectivity index (χ0) is 14.9. The number of ether oxygens (including phenoxy) is 1. The molecular weight excluding hydrogens is 278 g/mol. The molecule has 0 saturated carbocycles. The van der Waals surface area contributed by atoms with Gasteiger partial charge in [0.05, 0.1) is 24.4 Å². The van der Waals surface area contributed by atoms with Crippen LogP contribution in [0.5, 0.6) is 5.75 Å². The lowest BCUT2D eigenvalue weighted by molar-refractivity contribution is 0.416. The number of rotatable bonds is 3. The summed E-state index contributed by atoms with van der Waals surface area (Å²) < 4.78 is 5.48. The van der Waals surface area contributed by atoms with Crippen molar-refractivity contribution in [2.75, 3.05) is 7.11 Å². The lowest BCUT2D eigenvalue weighted by Gasteiger charge is -2.08. The van der Waals surface area contributed by atoms with Crippen LogP contribution >= 0.6 is 0 Å². The lowest BCUT2D eigenvalue weighted by atomic mass is 10.0. The van der Waals surface area contributed by atoms with Crippen LogP contribution in [0.2, 0.25) is 0 Å². The third-order valence-electron chi connectivity index (χ3n) is 3.64. The number of H-pyrrole nitrogens is 2. The Morgan fingerprint density at radius 2 is 1.95 bits per heavy atom. The van der Waals surface area contributed by atoms with Crippen LogP contribution in [0.4, 0.5) is 0 Å². The summed E-state index contributed by atoms with van der Waals surface area (Å²) in [6.45, 7) is 0. The average Bonchev–Trinajstić information content (AvgIpc) is 3.24. The molecule has 22 heavy (non-hydrogen) atoms. The molecule has 108 valence electrons. The quantitative estimate of drug-likeness (QED) is 0.608. The number of fused-ring (bicyclic) bond motifs is 1. The van der Waals surface area contributed by atoms with E-state index in [9.17, 15) is 0 Å². The van der Waals surface area contributed by atoms with Gasteiger partial charge in [-0.2, -0.15) is 5.10 Å². The van der Waals surface area contributed by atoms with Gasteiger partial charge >= 0.3 is 0 Å². The molecule has 6 heteroatoms. The maximum atomic E-state index is 5.48. The highest BCUT2D eigenvalue weighted by molar-refractivity contribution is 6.03. The van der Waals surface area contributed by atoms with E-state index in [-0.39, 0.29) is 0 Å². The zero-order valence-electron chi connectivity index (χ0n) is 11.9. The fraction of sp³-hybridized carbons (Fsp3) is 0.0625. The number of methoxy groups -OCH3 is 1. The fourth-order valence-corrected chi connectivity index (χ4v) is 2.64. The van der Waals surface area contributed by atoms with Gasteiger partial charge in [0.2, 0.25) is 0 Å².